The predicted octanol–water partition coefficient (Wildman–Crippen LogP) is 1.39. The summed E-state index contributed by atoms with van der Waals surface area (Å²) < 4.78 is 3.35. The molecule has 0 amide bonds. The molecule has 0 saturated heterocycles. The maximum Gasteiger partial charge on any atom is 0.253 e. The third-order valence-corrected chi connectivity index (χ3v) is 3.80. The fraction of sp³-hybridized carbons (Fsp3) is 0.0769. The molecule has 4 rings (SSSR count). The molecule has 1 aromatic carbocycles. The van der Waals surface area contributed by atoms with Gasteiger partial charge in [-0.1, -0.05) is 30.0 Å². The number of thioether (sulfide) groups is 1. The first-order valence-electron chi connectivity index (χ1n) is 6.53. The van der Waals surface area contributed by atoms with Gasteiger partial charge >= 0.3 is 0 Å². The molecule has 4 aromatic rings. The van der Waals surface area contributed by atoms with Gasteiger partial charge in [-0.3, -0.25) is 0 Å². The van der Waals surface area contributed by atoms with Crippen LogP contribution in [0.3, 0.4) is 0 Å². The molecule has 8 nitrogen and oxygen atoms in total. The molecule has 0 spiro atoms. The van der Waals surface area contributed by atoms with Crippen LogP contribution in [0.5, 0.6) is 0 Å². The van der Waals surface area contributed by atoms with Crippen LogP contribution in [-0.4, -0.2) is 39.8 Å². The summed E-state index contributed by atoms with van der Waals surface area (Å²) in [5, 5.41) is 16.8. The lowest BCUT2D eigenvalue weighted by Gasteiger charge is -2.02. The number of hydrogen-bond donors (Lipinski definition) is 0. The first kappa shape index (κ1) is 12.9. The minimum absolute atomic E-state index is 0.568. The monoisotopic (exact) mass is 310 g/mol. The molecular formula is C13H10N8S. The summed E-state index contributed by atoms with van der Waals surface area (Å²) in [6.45, 7) is 0. The van der Waals surface area contributed by atoms with E-state index in [1.54, 1.807) is 15.4 Å². The van der Waals surface area contributed by atoms with Crippen LogP contribution < -0.4 is 0 Å². The minimum atomic E-state index is 0.568. The maximum absolute atomic E-state index is 4.34. The Labute approximate surface area is 129 Å². The van der Waals surface area contributed by atoms with E-state index in [1.807, 2.05) is 42.6 Å². The number of tetrazole rings is 1. The van der Waals surface area contributed by atoms with Gasteiger partial charge in [0.25, 0.3) is 5.78 Å². The van der Waals surface area contributed by atoms with Crippen molar-refractivity contribution in [2.75, 3.05) is 0 Å². The molecule has 0 aliphatic rings. The Balaban J connectivity index is 1.56. The number of aromatic nitrogens is 8. The fourth-order valence-corrected chi connectivity index (χ4v) is 2.70. The third-order valence-electron chi connectivity index (χ3n) is 2.96. The highest BCUT2D eigenvalue weighted by Crippen LogP contribution is 2.19. The summed E-state index contributed by atoms with van der Waals surface area (Å²) in [5.74, 6) is 1.88. The fourth-order valence-electron chi connectivity index (χ4n) is 1.97. The normalized spacial score (nSPS) is 11.1. The van der Waals surface area contributed by atoms with Gasteiger partial charge in [0.1, 0.15) is 0 Å². The second kappa shape index (κ2) is 5.53. The van der Waals surface area contributed by atoms with E-state index in [-0.39, 0.29) is 0 Å². The van der Waals surface area contributed by atoms with Gasteiger partial charge in [0.2, 0.25) is 5.16 Å². The quantitative estimate of drug-likeness (QED) is 0.526. The van der Waals surface area contributed by atoms with Gasteiger partial charge < -0.3 is 0 Å². The van der Waals surface area contributed by atoms with Crippen molar-refractivity contribution in [3.05, 3.63) is 54.6 Å². The number of rotatable bonds is 4. The number of nitrogens with zero attached hydrogens (tertiary/aromatic N) is 8. The molecule has 0 atom stereocenters. The number of benzene rings is 1. The SMILES string of the molecule is c1ccc(-n2nnnc2CSc2nc3ncccn3n2)cc1. The van der Waals surface area contributed by atoms with E-state index in [0.717, 1.165) is 11.5 Å². The van der Waals surface area contributed by atoms with Gasteiger partial charge in [-0.2, -0.15) is 9.67 Å². The van der Waals surface area contributed by atoms with Gasteiger partial charge in [-0.15, -0.1) is 10.2 Å². The molecule has 9 heteroatoms. The van der Waals surface area contributed by atoms with Crippen LogP contribution in [0.25, 0.3) is 11.5 Å². The van der Waals surface area contributed by atoms with Crippen LogP contribution >= 0.6 is 11.8 Å². The van der Waals surface area contributed by atoms with Crippen molar-refractivity contribution < 1.29 is 0 Å². The highest BCUT2D eigenvalue weighted by atomic mass is 32.2. The number of para-hydroxylation sites is 1. The van der Waals surface area contributed by atoms with Gasteiger partial charge in [-0.25, -0.2) is 9.50 Å². The Morgan fingerprint density at radius 3 is 2.86 bits per heavy atom. The van der Waals surface area contributed by atoms with Crippen LogP contribution in [0, 0.1) is 0 Å². The first-order valence-corrected chi connectivity index (χ1v) is 7.51. The third kappa shape index (κ3) is 2.42. The Bertz CT molecular complexity index is 867. The highest BCUT2D eigenvalue weighted by Gasteiger charge is 2.11. The molecule has 0 unspecified atom stereocenters. The van der Waals surface area contributed by atoms with Crippen LogP contribution in [0.15, 0.2) is 53.9 Å². The second-order valence-electron chi connectivity index (χ2n) is 4.39. The molecule has 3 aromatic heterocycles. The first-order chi connectivity index (χ1) is 10.9. The smallest absolute Gasteiger partial charge is 0.220 e. The van der Waals surface area contributed by atoms with Crippen LogP contribution in [0.1, 0.15) is 5.82 Å². The molecule has 108 valence electrons. The van der Waals surface area contributed by atoms with Crippen LogP contribution in [0.2, 0.25) is 0 Å². The summed E-state index contributed by atoms with van der Waals surface area (Å²) in [6, 6.07) is 11.6. The maximum atomic E-state index is 4.34. The molecule has 0 N–H and O–H groups in total. The Hall–Kier alpha value is -2.81. The summed E-state index contributed by atoms with van der Waals surface area (Å²) in [6.07, 6.45) is 3.50. The predicted molar refractivity (Wildman–Crippen MR) is 79.5 cm³/mol. The number of fused-ring (bicyclic) bond motifs is 1. The molecule has 0 fully saturated rings. The van der Waals surface area contributed by atoms with E-state index < -0.39 is 0 Å². The molecule has 0 bridgehead atoms. The zero-order valence-electron chi connectivity index (χ0n) is 11.3. The molecule has 0 aliphatic carbocycles. The Kier molecular flexibility index (Phi) is 3.24. The van der Waals surface area contributed by atoms with Crippen LogP contribution in [-0.2, 0) is 5.75 Å². The van der Waals surface area contributed by atoms with E-state index in [2.05, 4.69) is 30.6 Å². The molecule has 0 aliphatic heterocycles. The summed E-state index contributed by atoms with van der Waals surface area (Å²) in [7, 11) is 0. The van der Waals surface area contributed by atoms with Crippen molar-refractivity contribution in [1.29, 1.82) is 0 Å². The number of hydrogen-bond acceptors (Lipinski definition) is 7. The largest absolute Gasteiger partial charge is 0.253 e. The summed E-state index contributed by atoms with van der Waals surface area (Å²) in [4.78, 5) is 8.48. The highest BCUT2D eigenvalue weighted by molar-refractivity contribution is 7.98. The molecule has 0 radical (unpaired) electrons. The topological polar surface area (TPSA) is 86.7 Å². The second-order valence-corrected chi connectivity index (χ2v) is 5.33. The standard InChI is InChI=1S/C13H10N8S/c1-2-5-10(6-3-1)21-11(16-18-19-21)9-22-13-15-12-14-7-4-8-20(12)17-13/h1-8H,9H2. The van der Waals surface area contributed by atoms with E-state index in [1.165, 1.54) is 11.8 Å². The Morgan fingerprint density at radius 1 is 1.09 bits per heavy atom. The van der Waals surface area contributed by atoms with Gasteiger partial charge in [0.15, 0.2) is 5.82 Å². The van der Waals surface area contributed by atoms with E-state index in [4.69, 9.17) is 0 Å². The van der Waals surface area contributed by atoms with E-state index in [0.29, 0.717) is 16.7 Å². The van der Waals surface area contributed by atoms with Crippen molar-refractivity contribution in [3.8, 4) is 5.69 Å². The summed E-state index contributed by atoms with van der Waals surface area (Å²) in [5.41, 5.74) is 0.924. The molecule has 22 heavy (non-hydrogen) atoms. The summed E-state index contributed by atoms with van der Waals surface area (Å²) >= 11 is 1.47. The van der Waals surface area contributed by atoms with Crippen molar-refractivity contribution in [2.24, 2.45) is 0 Å². The zero-order chi connectivity index (χ0) is 14.8. The molecule has 0 saturated carbocycles. The van der Waals surface area contributed by atoms with E-state index in [9.17, 15) is 0 Å². The van der Waals surface area contributed by atoms with Crippen molar-refractivity contribution in [3.63, 3.8) is 0 Å². The minimum Gasteiger partial charge on any atom is -0.220 e. The van der Waals surface area contributed by atoms with E-state index >= 15 is 0 Å². The van der Waals surface area contributed by atoms with Crippen molar-refractivity contribution >= 4 is 17.5 Å². The Morgan fingerprint density at radius 2 is 2.00 bits per heavy atom. The van der Waals surface area contributed by atoms with Crippen molar-refractivity contribution in [2.45, 2.75) is 10.9 Å². The lowest BCUT2D eigenvalue weighted by atomic mass is 10.3. The lowest BCUT2D eigenvalue weighted by molar-refractivity contribution is 0.777. The average molecular weight is 310 g/mol. The van der Waals surface area contributed by atoms with Crippen molar-refractivity contribution in [1.82, 2.24) is 39.8 Å². The lowest BCUT2D eigenvalue weighted by Crippen LogP contribution is -2.01. The molecule has 3 heterocycles. The van der Waals surface area contributed by atoms with Gasteiger partial charge in [-0.05, 0) is 28.6 Å². The van der Waals surface area contributed by atoms with Gasteiger partial charge in [0, 0.05) is 12.4 Å². The molecular weight excluding hydrogens is 300 g/mol. The van der Waals surface area contributed by atoms with Crippen LogP contribution in [0.4, 0.5) is 0 Å². The van der Waals surface area contributed by atoms with Gasteiger partial charge in [0.05, 0.1) is 11.4 Å². The zero-order valence-corrected chi connectivity index (χ0v) is 12.1. The average Bonchev–Trinajstić information content (AvgIpc) is 3.20.